The summed E-state index contributed by atoms with van der Waals surface area (Å²) >= 11 is 0. The number of hydrogen-bond acceptors (Lipinski definition) is 2. The van der Waals surface area contributed by atoms with Gasteiger partial charge in [0.25, 0.3) is 0 Å². The van der Waals surface area contributed by atoms with E-state index in [0.717, 1.165) is 0 Å². The Morgan fingerprint density at radius 1 is 1.73 bits per heavy atom. The smallest absolute Gasteiger partial charge is 0.309 e. The summed E-state index contributed by atoms with van der Waals surface area (Å²) in [6, 6.07) is -0.537. The molecule has 0 aromatic carbocycles. The summed E-state index contributed by atoms with van der Waals surface area (Å²) in [5.74, 6) is -0.961. The highest BCUT2D eigenvalue weighted by Gasteiger charge is 2.32. The molecular formula is C6H11N3O2. The molecule has 0 saturated heterocycles. The monoisotopic (exact) mass is 157 g/mol. The van der Waals surface area contributed by atoms with Crippen molar-refractivity contribution in [2.75, 3.05) is 0 Å². The SMILES string of the molecule is CC(N=[N+]=[N-])C(C)(C)C(=O)O. The van der Waals surface area contributed by atoms with E-state index >= 15 is 0 Å². The average molecular weight is 157 g/mol. The average Bonchev–Trinajstić information content (AvgIpc) is 1.88. The van der Waals surface area contributed by atoms with Gasteiger partial charge in [0, 0.05) is 4.91 Å². The Morgan fingerprint density at radius 2 is 2.18 bits per heavy atom. The Bertz CT molecular complexity index is 206. The molecule has 0 aliphatic rings. The molecule has 11 heavy (non-hydrogen) atoms. The van der Waals surface area contributed by atoms with Crippen molar-refractivity contribution in [2.24, 2.45) is 10.5 Å². The second-order valence-corrected chi connectivity index (χ2v) is 2.91. The van der Waals surface area contributed by atoms with Crippen molar-refractivity contribution in [1.29, 1.82) is 0 Å². The summed E-state index contributed by atoms with van der Waals surface area (Å²) in [6.45, 7) is 4.62. The van der Waals surface area contributed by atoms with Crippen molar-refractivity contribution >= 4 is 5.97 Å². The molecule has 5 heteroatoms. The second-order valence-electron chi connectivity index (χ2n) is 2.91. The van der Waals surface area contributed by atoms with Gasteiger partial charge in [0.15, 0.2) is 0 Å². The van der Waals surface area contributed by atoms with Crippen LogP contribution >= 0.6 is 0 Å². The minimum absolute atomic E-state index is 0.537. The molecule has 1 N–H and O–H groups in total. The van der Waals surface area contributed by atoms with E-state index < -0.39 is 17.4 Å². The van der Waals surface area contributed by atoms with Gasteiger partial charge < -0.3 is 5.11 Å². The van der Waals surface area contributed by atoms with Gasteiger partial charge in [-0.2, -0.15) is 0 Å². The highest BCUT2D eigenvalue weighted by molar-refractivity contribution is 5.74. The summed E-state index contributed by atoms with van der Waals surface area (Å²) in [7, 11) is 0. The topological polar surface area (TPSA) is 86.1 Å². The van der Waals surface area contributed by atoms with E-state index in [1.165, 1.54) is 13.8 Å². The maximum Gasteiger partial charge on any atom is 0.309 e. The van der Waals surface area contributed by atoms with Crippen LogP contribution in [-0.4, -0.2) is 17.1 Å². The van der Waals surface area contributed by atoms with E-state index in [2.05, 4.69) is 10.0 Å². The summed E-state index contributed by atoms with van der Waals surface area (Å²) in [6.07, 6.45) is 0. The molecule has 0 amide bonds. The Hall–Kier alpha value is -1.22. The number of carbonyl (C=O) groups is 1. The fraction of sp³-hybridized carbons (Fsp3) is 0.833. The van der Waals surface area contributed by atoms with Gasteiger partial charge >= 0.3 is 5.97 Å². The van der Waals surface area contributed by atoms with Crippen LogP contribution in [0.5, 0.6) is 0 Å². The maximum absolute atomic E-state index is 10.6. The minimum atomic E-state index is -0.994. The molecule has 0 saturated carbocycles. The molecule has 1 atom stereocenters. The molecule has 0 fully saturated rings. The number of carboxylic acid groups (broad SMARTS) is 1. The summed E-state index contributed by atoms with van der Waals surface area (Å²) in [5.41, 5.74) is 7.05. The zero-order valence-corrected chi connectivity index (χ0v) is 6.77. The molecular weight excluding hydrogens is 146 g/mol. The molecule has 1 unspecified atom stereocenters. The van der Waals surface area contributed by atoms with E-state index in [4.69, 9.17) is 10.6 Å². The van der Waals surface area contributed by atoms with Gasteiger partial charge in [-0.1, -0.05) is 12.0 Å². The third kappa shape index (κ3) is 2.13. The van der Waals surface area contributed by atoms with E-state index in [1.54, 1.807) is 6.92 Å². The molecule has 5 nitrogen and oxygen atoms in total. The van der Waals surface area contributed by atoms with Gasteiger partial charge in [-0.05, 0) is 19.4 Å². The molecule has 0 aliphatic heterocycles. The van der Waals surface area contributed by atoms with Crippen LogP contribution in [0.4, 0.5) is 0 Å². The van der Waals surface area contributed by atoms with E-state index in [1.807, 2.05) is 0 Å². The number of azide groups is 1. The lowest BCUT2D eigenvalue weighted by Gasteiger charge is -2.22. The van der Waals surface area contributed by atoms with Crippen LogP contribution in [0.15, 0.2) is 5.11 Å². The highest BCUT2D eigenvalue weighted by Crippen LogP contribution is 2.23. The molecule has 0 spiro atoms. The van der Waals surface area contributed by atoms with Crippen molar-refractivity contribution in [3.63, 3.8) is 0 Å². The standard InChI is InChI=1S/C6H11N3O2/c1-4(8-9-7)6(2,3)5(10)11/h4H,1-3H3,(H,10,11). The predicted octanol–water partition coefficient (Wildman–Crippen LogP) is 1.80. The van der Waals surface area contributed by atoms with E-state index in [0.29, 0.717) is 0 Å². The van der Waals surface area contributed by atoms with E-state index in [-0.39, 0.29) is 0 Å². The Kier molecular flexibility index (Phi) is 2.89. The number of nitrogens with zero attached hydrogens (tertiary/aromatic N) is 3. The minimum Gasteiger partial charge on any atom is -0.481 e. The van der Waals surface area contributed by atoms with Crippen LogP contribution in [0, 0.1) is 5.41 Å². The maximum atomic E-state index is 10.6. The largest absolute Gasteiger partial charge is 0.481 e. The molecule has 0 aromatic rings. The quantitative estimate of drug-likeness (QED) is 0.384. The van der Waals surface area contributed by atoms with Crippen molar-refractivity contribution < 1.29 is 9.90 Å². The fourth-order valence-corrected chi connectivity index (χ4v) is 0.400. The van der Waals surface area contributed by atoms with Crippen LogP contribution < -0.4 is 0 Å². The number of hydrogen-bond donors (Lipinski definition) is 1. The van der Waals surface area contributed by atoms with Crippen LogP contribution in [0.3, 0.4) is 0 Å². The zero-order valence-electron chi connectivity index (χ0n) is 6.77. The fourth-order valence-electron chi connectivity index (χ4n) is 0.400. The first kappa shape index (κ1) is 9.78. The second kappa shape index (κ2) is 3.25. The molecule has 0 aromatic heterocycles. The third-order valence-electron chi connectivity index (χ3n) is 1.82. The lowest BCUT2D eigenvalue weighted by Crippen LogP contribution is -2.33. The van der Waals surface area contributed by atoms with Crippen LogP contribution in [0.25, 0.3) is 10.4 Å². The first-order valence-corrected chi connectivity index (χ1v) is 3.20. The first-order valence-electron chi connectivity index (χ1n) is 3.20. The van der Waals surface area contributed by atoms with Gasteiger partial charge in [0.1, 0.15) is 0 Å². The Morgan fingerprint density at radius 3 is 2.45 bits per heavy atom. The summed E-state index contributed by atoms with van der Waals surface area (Å²) in [4.78, 5) is 13.1. The van der Waals surface area contributed by atoms with Gasteiger partial charge in [-0.25, -0.2) is 0 Å². The molecule has 0 bridgehead atoms. The van der Waals surface area contributed by atoms with Crippen molar-refractivity contribution in [2.45, 2.75) is 26.8 Å². The van der Waals surface area contributed by atoms with Crippen LogP contribution in [0.1, 0.15) is 20.8 Å². The Balaban J connectivity index is 4.54. The third-order valence-corrected chi connectivity index (χ3v) is 1.82. The molecule has 0 rings (SSSR count). The van der Waals surface area contributed by atoms with Crippen LogP contribution in [-0.2, 0) is 4.79 Å². The number of rotatable bonds is 3. The lowest BCUT2D eigenvalue weighted by atomic mass is 9.86. The molecule has 0 heterocycles. The molecule has 0 aliphatic carbocycles. The number of carboxylic acids is 1. The predicted molar refractivity (Wildman–Crippen MR) is 40.0 cm³/mol. The van der Waals surface area contributed by atoms with Gasteiger partial charge in [-0.3, -0.25) is 4.79 Å². The first-order chi connectivity index (χ1) is 4.92. The zero-order chi connectivity index (χ0) is 9.07. The Labute approximate surface area is 64.7 Å². The van der Waals surface area contributed by atoms with Gasteiger partial charge in [-0.15, -0.1) is 0 Å². The van der Waals surface area contributed by atoms with Gasteiger partial charge in [0.05, 0.1) is 11.5 Å². The molecule has 62 valence electrons. The normalized spacial score (nSPS) is 13.4. The van der Waals surface area contributed by atoms with Gasteiger partial charge in [0.2, 0.25) is 0 Å². The highest BCUT2D eigenvalue weighted by atomic mass is 16.4. The molecule has 0 radical (unpaired) electrons. The van der Waals surface area contributed by atoms with Crippen LogP contribution in [0.2, 0.25) is 0 Å². The van der Waals surface area contributed by atoms with E-state index in [9.17, 15) is 4.79 Å². The lowest BCUT2D eigenvalue weighted by molar-refractivity contribution is -0.147. The summed E-state index contributed by atoms with van der Waals surface area (Å²) < 4.78 is 0. The van der Waals surface area contributed by atoms with Crippen molar-refractivity contribution in [3.8, 4) is 0 Å². The summed E-state index contributed by atoms with van der Waals surface area (Å²) in [5, 5.41) is 12.0. The van der Waals surface area contributed by atoms with Crippen molar-refractivity contribution in [1.82, 2.24) is 0 Å². The number of aliphatic carboxylic acids is 1. The van der Waals surface area contributed by atoms with Crippen molar-refractivity contribution in [3.05, 3.63) is 10.4 Å².